The number of rotatable bonds is 6. The summed E-state index contributed by atoms with van der Waals surface area (Å²) in [6.45, 7) is 0.751. The van der Waals surface area contributed by atoms with E-state index in [2.05, 4.69) is 10.0 Å². The first-order valence-corrected chi connectivity index (χ1v) is 10.2. The Labute approximate surface area is 161 Å². The highest BCUT2D eigenvalue weighted by atomic mass is 35.5. The largest absolute Gasteiger partial charge is 0.377 e. The van der Waals surface area contributed by atoms with Crippen LogP contribution in [0, 0.1) is 5.82 Å². The predicted molar refractivity (Wildman–Crippen MR) is 100.0 cm³/mol. The molecule has 3 rings (SSSR count). The predicted octanol–water partition coefficient (Wildman–Crippen LogP) is 3.19. The van der Waals surface area contributed by atoms with Crippen LogP contribution in [-0.2, 0) is 14.8 Å². The Morgan fingerprint density at radius 2 is 2.07 bits per heavy atom. The molecule has 27 heavy (non-hydrogen) atoms. The molecule has 0 bridgehead atoms. The van der Waals surface area contributed by atoms with Gasteiger partial charge in [-0.25, -0.2) is 17.5 Å². The molecule has 0 aromatic heterocycles. The minimum Gasteiger partial charge on any atom is -0.377 e. The lowest BCUT2D eigenvalue weighted by Gasteiger charge is -2.13. The number of carbonyl (C=O) groups excluding carboxylic acids is 1. The van der Waals surface area contributed by atoms with Gasteiger partial charge in [0.25, 0.3) is 5.91 Å². The van der Waals surface area contributed by atoms with Crippen LogP contribution in [0.15, 0.2) is 47.4 Å². The van der Waals surface area contributed by atoms with Crippen LogP contribution < -0.4 is 10.0 Å². The molecule has 2 aromatic rings. The molecule has 144 valence electrons. The van der Waals surface area contributed by atoms with Gasteiger partial charge < -0.3 is 10.1 Å². The molecule has 1 unspecified atom stereocenters. The van der Waals surface area contributed by atoms with Gasteiger partial charge in [0, 0.05) is 24.4 Å². The third-order valence-corrected chi connectivity index (χ3v) is 6.00. The molecule has 0 radical (unpaired) electrons. The molecular weight excluding hydrogens is 395 g/mol. The first-order valence-electron chi connectivity index (χ1n) is 8.33. The summed E-state index contributed by atoms with van der Waals surface area (Å²) in [6, 6.07) is 9.32. The van der Waals surface area contributed by atoms with E-state index in [4.69, 9.17) is 16.3 Å². The summed E-state index contributed by atoms with van der Waals surface area (Å²) in [4.78, 5) is 12.2. The number of benzene rings is 2. The summed E-state index contributed by atoms with van der Waals surface area (Å²) in [5.41, 5.74) is 0.344. The lowest BCUT2D eigenvalue weighted by atomic mass is 10.2. The number of anilines is 1. The van der Waals surface area contributed by atoms with Gasteiger partial charge >= 0.3 is 0 Å². The summed E-state index contributed by atoms with van der Waals surface area (Å²) < 4.78 is 46.2. The lowest BCUT2D eigenvalue weighted by Crippen LogP contribution is -2.32. The van der Waals surface area contributed by atoms with Crippen molar-refractivity contribution in [2.45, 2.75) is 23.8 Å². The fourth-order valence-corrected chi connectivity index (χ4v) is 4.30. The first kappa shape index (κ1) is 19.8. The molecular formula is C18H18ClFN2O4S. The highest BCUT2D eigenvalue weighted by molar-refractivity contribution is 7.89. The Bertz CT molecular complexity index is 946. The third kappa shape index (κ3) is 5.04. The zero-order valence-electron chi connectivity index (χ0n) is 14.2. The molecule has 1 heterocycles. The molecule has 1 atom stereocenters. The van der Waals surface area contributed by atoms with Gasteiger partial charge in [-0.05, 0) is 49.2 Å². The van der Waals surface area contributed by atoms with Crippen molar-refractivity contribution in [1.82, 2.24) is 4.72 Å². The maximum atomic E-state index is 13.2. The van der Waals surface area contributed by atoms with E-state index in [9.17, 15) is 17.6 Å². The van der Waals surface area contributed by atoms with Gasteiger partial charge in [0.15, 0.2) is 0 Å². The summed E-state index contributed by atoms with van der Waals surface area (Å²) in [6.07, 6.45) is 1.51. The maximum absolute atomic E-state index is 13.2. The van der Waals surface area contributed by atoms with Crippen molar-refractivity contribution in [2.75, 3.05) is 18.5 Å². The van der Waals surface area contributed by atoms with Gasteiger partial charge in [-0.15, -0.1) is 0 Å². The van der Waals surface area contributed by atoms with Crippen molar-refractivity contribution in [3.8, 4) is 0 Å². The molecule has 0 spiro atoms. The van der Waals surface area contributed by atoms with Crippen LogP contribution in [0.5, 0.6) is 0 Å². The van der Waals surface area contributed by atoms with E-state index in [1.165, 1.54) is 36.4 Å². The Morgan fingerprint density at radius 1 is 1.26 bits per heavy atom. The summed E-state index contributed by atoms with van der Waals surface area (Å²) in [7, 11) is -3.92. The molecule has 6 nitrogen and oxygen atoms in total. The summed E-state index contributed by atoms with van der Waals surface area (Å²) >= 11 is 6.03. The van der Waals surface area contributed by atoms with Crippen LogP contribution in [0.2, 0.25) is 5.02 Å². The number of halogens is 2. The van der Waals surface area contributed by atoms with Crippen LogP contribution >= 0.6 is 11.6 Å². The van der Waals surface area contributed by atoms with Crippen molar-refractivity contribution in [2.24, 2.45) is 0 Å². The van der Waals surface area contributed by atoms with Crippen molar-refractivity contribution >= 4 is 33.2 Å². The van der Waals surface area contributed by atoms with Crippen LogP contribution in [0.1, 0.15) is 23.2 Å². The Hall–Kier alpha value is -2.00. The molecule has 0 aliphatic carbocycles. The van der Waals surface area contributed by atoms with Crippen molar-refractivity contribution < 1.29 is 22.3 Å². The van der Waals surface area contributed by atoms with Crippen LogP contribution in [0.3, 0.4) is 0 Å². The molecule has 1 aliphatic heterocycles. The second kappa shape index (κ2) is 8.35. The quantitative estimate of drug-likeness (QED) is 0.763. The van der Waals surface area contributed by atoms with E-state index in [1.54, 1.807) is 0 Å². The number of amides is 1. The van der Waals surface area contributed by atoms with Gasteiger partial charge in [-0.2, -0.15) is 0 Å². The van der Waals surface area contributed by atoms with E-state index in [1.807, 2.05) is 0 Å². The van der Waals surface area contributed by atoms with Crippen LogP contribution in [0.4, 0.5) is 10.1 Å². The number of sulfonamides is 1. The summed E-state index contributed by atoms with van der Waals surface area (Å²) in [5, 5.41) is 2.51. The van der Waals surface area contributed by atoms with Crippen molar-refractivity contribution in [1.29, 1.82) is 0 Å². The number of hydrogen-bond donors (Lipinski definition) is 2. The molecule has 1 fully saturated rings. The minimum absolute atomic E-state index is 0.00264. The second-order valence-corrected chi connectivity index (χ2v) is 8.24. The second-order valence-electron chi connectivity index (χ2n) is 6.10. The van der Waals surface area contributed by atoms with Crippen LogP contribution in [-0.4, -0.2) is 33.6 Å². The van der Waals surface area contributed by atoms with Crippen LogP contribution in [0.25, 0.3) is 0 Å². The molecule has 2 N–H and O–H groups in total. The average Bonchev–Trinajstić information content (AvgIpc) is 3.14. The van der Waals surface area contributed by atoms with E-state index in [-0.39, 0.29) is 33.8 Å². The van der Waals surface area contributed by atoms with E-state index in [0.29, 0.717) is 6.61 Å². The van der Waals surface area contributed by atoms with Gasteiger partial charge in [0.05, 0.1) is 11.1 Å². The fourth-order valence-electron chi connectivity index (χ4n) is 2.71. The fraction of sp³-hybridized carbons (Fsp3) is 0.278. The number of nitrogens with one attached hydrogen (secondary N) is 2. The Kier molecular flexibility index (Phi) is 6.11. The monoisotopic (exact) mass is 412 g/mol. The van der Waals surface area contributed by atoms with E-state index in [0.717, 1.165) is 18.9 Å². The topological polar surface area (TPSA) is 84.5 Å². The normalized spacial score (nSPS) is 17.0. The number of hydrogen-bond acceptors (Lipinski definition) is 4. The van der Waals surface area contributed by atoms with Gasteiger partial charge in [0.2, 0.25) is 10.0 Å². The summed E-state index contributed by atoms with van der Waals surface area (Å²) in [5.74, 6) is -1.07. The zero-order valence-corrected chi connectivity index (χ0v) is 15.8. The van der Waals surface area contributed by atoms with Gasteiger partial charge in [-0.1, -0.05) is 17.7 Å². The molecule has 9 heteroatoms. The highest BCUT2D eigenvalue weighted by Gasteiger charge is 2.23. The highest BCUT2D eigenvalue weighted by Crippen LogP contribution is 2.24. The average molecular weight is 413 g/mol. The van der Waals surface area contributed by atoms with Crippen molar-refractivity contribution in [3.05, 3.63) is 58.9 Å². The molecule has 0 saturated carbocycles. The minimum atomic E-state index is -3.92. The molecule has 2 aromatic carbocycles. The zero-order chi connectivity index (χ0) is 19.4. The van der Waals surface area contributed by atoms with E-state index < -0.39 is 21.7 Å². The SMILES string of the molecule is O=C(Nc1cccc(F)c1)c1ccc(Cl)c(S(=O)(=O)NCC2CCCO2)c1. The van der Waals surface area contributed by atoms with Gasteiger partial charge in [-0.3, -0.25) is 4.79 Å². The standard InChI is InChI=1S/C18H18ClFN2O4S/c19-16-7-6-12(18(23)22-14-4-1-3-13(20)10-14)9-17(16)27(24,25)21-11-15-5-2-8-26-15/h1,3-4,6-7,9-10,15,21H,2,5,8,11H2,(H,22,23). The third-order valence-electron chi connectivity index (χ3n) is 4.09. The van der Waals surface area contributed by atoms with Crippen molar-refractivity contribution in [3.63, 3.8) is 0 Å². The van der Waals surface area contributed by atoms with Gasteiger partial charge in [0.1, 0.15) is 10.7 Å². The molecule has 1 amide bonds. The maximum Gasteiger partial charge on any atom is 0.255 e. The lowest BCUT2D eigenvalue weighted by molar-refractivity contribution is 0.102. The smallest absolute Gasteiger partial charge is 0.255 e. The first-order chi connectivity index (χ1) is 12.8. The molecule has 1 saturated heterocycles. The Balaban J connectivity index is 1.77. The Morgan fingerprint density at radius 3 is 2.78 bits per heavy atom. The molecule has 1 aliphatic rings. The number of ether oxygens (including phenoxy) is 1. The number of carbonyl (C=O) groups is 1. The van der Waals surface area contributed by atoms with E-state index >= 15 is 0 Å².